The Morgan fingerprint density at radius 3 is 2.53 bits per heavy atom. The lowest BCUT2D eigenvalue weighted by Crippen LogP contribution is -2.54. The Balaban J connectivity index is 1.41. The van der Waals surface area contributed by atoms with Gasteiger partial charge in [0.25, 0.3) is 0 Å². The second kappa shape index (κ2) is 8.67. The topological polar surface area (TPSA) is 113 Å². The van der Waals surface area contributed by atoms with Crippen molar-refractivity contribution in [3.05, 3.63) is 54.7 Å². The molecule has 4 aromatic heterocycles. The molecule has 0 atom stereocenters. The molecule has 4 aromatic rings. The van der Waals surface area contributed by atoms with Crippen LogP contribution in [-0.4, -0.2) is 77.6 Å². The molecule has 11 heteroatoms. The minimum absolute atomic E-state index is 0.0256. The Kier molecular flexibility index (Phi) is 5.32. The summed E-state index contributed by atoms with van der Waals surface area (Å²) in [6.07, 6.45) is 10.2. The highest BCUT2D eigenvalue weighted by Gasteiger charge is 2.37. The molecule has 0 aromatic carbocycles. The molecule has 1 saturated heterocycles. The van der Waals surface area contributed by atoms with Crippen LogP contribution in [0.4, 0.5) is 10.5 Å². The molecule has 0 N–H and O–H groups in total. The third-order valence-corrected chi connectivity index (χ3v) is 6.86. The van der Waals surface area contributed by atoms with Gasteiger partial charge < -0.3 is 9.80 Å². The maximum absolute atomic E-state index is 13.4. The van der Waals surface area contributed by atoms with Crippen LogP contribution in [0.3, 0.4) is 0 Å². The molecule has 36 heavy (non-hydrogen) atoms. The number of carbonyl (C=O) groups is 2. The number of likely N-dealkylation sites (tertiary alicyclic amines) is 1. The van der Waals surface area contributed by atoms with Crippen LogP contribution in [0.5, 0.6) is 0 Å². The first-order valence-corrected chi connectivity index (χ1v) is 11.9. The average Bonchev–Trinajstić information content (AvgIpc) is 3.44. The van der Waals surface area contributed by atoms with E-state index in [1.54, 1.807) is 48.3 Å². The first-order chi connectivity index (χ1) is 17.5. The zero-order valence-electron chi connectivity index (χ0n) is 20.1. The van der Waals surface area contributed by atoms with Crippen molar-refractivity contribution >= 4 is 28.7 Å². The molecule has 0 saturated carbocycles. The fraction of sp³-hybridized carbons (Fsp3) is 0.320. The highest BCUT2D eigenvalue weighted by Crippen LogP contribution is 2.37. The number of urea groups is 1. The molecule has 6 heterocycles. The summed E-state index contributed by atoms with van der Waals surface area (Å²) in [5.41, 5.74) is 4.61. The molecule has 2 aliphatic rings. The molecule has 182 valence electrons. The van der Waals surface area contributed by atoms with Crippen LogP contribution >= 0.6 is 0 Å². The lowest BCUT2D eigenvalue weighted by molar-refractivity contribution is -0.129. The van der Waals surface area contributed by atoms with E-state index in [9.17, 15) is 9.59 Å². The number of amides is 3. The smallest absolute Gasteiger partial charge is 0.324 e. The summed E-state index contributed by atoms with van der Waals surface area (Å²) in [6, 6.07) is 5.53. The van der Waals surface area contributed by atoms with E-state index in [1.165, 1.54) is 0 Å². The number of fused-ring (bicyclic) bond motifs is 3. The second-order valence-corrected chi connectivity index (χ2v) is 9.16. The Morgan fingerprint density at radius 2 is 1.83 bits per heavy atom. The summed E-state index contributed by atoms with van der Waals surface area (Å²) in [4.78, 5) is 49.1. The number of piperidine rings is 1. The Labute approximate surface area is 207 Å². The van der Waals surface area contributed by atoms with Crippen molar-refractivity contribution in [1.29, 1.82) is 0 Å². The van der Waals surface area contributed by atoms with Gasteiger partial charge in [0, 0.05) is 75.2 Å². The predicted molar refractivity (Wildman–Crippen MR) is 132 cm³/mol. The quantitative estimate of drug-likeness (QED) is 0.440. The van der Waals surface area contributed by atoms with Crippen molar-refractivity contribution < 1.29 is 9.59 Å². The van der Waals surface area contributed by atoms with Gasteiger partial charge in [0.05, 0.1) is 23.4 Å². The maximum Gasteiger partial charge on any atom is 0.324 e. The van der Waals surface area contributed by atoms with E-state index < -0.39 is 0 Å². The number of hydrogen-bond donors (Lipinski definition) is 0. The van der Waals surface area contributed by atoms with Gasteiger partial charge in [0.15, 0.2) is 0 Å². The molecule has 11 nitrogen and oxygen atoms in total. The van der Waals surface area contributed by atoms with Gasteiger partial charge in [-0.2, -0.15) is 5.10 Å². The normalized spacial score (nSPS) is 16.5. The molecule has 0 unspecified atom stereocenters. The minimum Gasteiger partial charge on any atom is -0.343 e. The number of pyridine rings is 2. The molecular weight excluding hydrogens is 458 g/mol. The molecule has 0 aliphatic carbocycles. The summed E-state index contributed by atoms with van der Waals surface area (Å²) in [6.45, 7) is 3.31. The highest BCUT2D eigenvalue weighted by molar-refractivity contribution is 6.04. The van der Waals surface area contributed by atoms with E-state index in [-0.39, 0.29) is 18.0 Å². The number of nitrogens with zero attached hydrogens (tertiary/aromatic N) is 9. The summed E-state index contributed by atoms with van der Waals surface area (Å²) in [5, 5.41) is 4.16. The van der Waals surface area contributed by atoms with Crippen LogP contribution in [-0.2, 0) is 11.3 Å². The third kappa shape index (κ3) is 3.72. The van der Waals surface area contributed by atoms with Gasteiger partial charge in [-0.05, 0) is 31.0 Å². The molecule has 2 aliphatic heterocycles. The van der Waals surface area contributed by atoms with Crippen LogP contribution in [0.25, 0.3) is 28.2 Å². The first kappa shape index (κ1) is 22.1. The van der Waals surface area contributed by atoms with Crippen LogP contribution in [0.2, 0.25) is 0 Å². The largest absolute Gasteiger partial charge is 0.343 e. The first-order valence-electron chi connectivity index (χ1n) is 11.9. The van der Waals surface area contributed by atoms with Crippen LogP contribution in [0.15, 0.2) is 49.2 Å². The van der Waals surface area contributed by atoms with Crippen molar-refractivity contribution in [2.24, 2.45) is 0 Å². The highest BCUT2D eigenvalue weighted by atomic mass is 16.2. The Hall–Kier alpha value is -4.41. The summed E-state index contributed by atoms with van der Waals surface area (Å²) in [7, 11) is 1.80. The molecule has 0 spiro atoms. The summed E-state index contributed by atoms with van der Waals surface area (Å²) in [5.74, 6) is 0.540. The van der Waals surface area contributed by atoms with E-state index in [2.05, 4.69) is 20.1 Å². The lowest BCUT2D eigenvalue weighted by Gasteiger charge is -2.43. The van der Waals surface area contributed by atoms with Crippen LogP contribution in [0.1, 0.15) is 25.3 Å². The fourth-order valence-corrected chi connectivity index (χ4v) is 4.98. The van der Waals surface area contributed by atoms with Crippen molar-refractivity contribution in [3.63, 3.8) is 0 Å². The number of hydrogen-bond acceptors (Lipinski definition) is 7. The van der Waals surface area contributed by atoms with E-state index in [1.807, 2.05) is 34.2 Å². The van der Waals surface area contributed by atoms with E-state index in [4.69, 9.17) is 4.98 Å². The third-order valence-electron chi connectivity index (χ3n) is 6.86. The number of rotatable bonds is 3. The monoisotopic (exact) mass is 483 g/mol. The lowest BCUT2D eigenvalue weighted by atomic mass is 9.99. The fourth-order valence-electron chi connectivity index (χ4n) is 4.98. The van der Waals surface area contributed by atoms with Crippen molar-refractivity contribution in [2.75, 3.05) is 25.0 Å². The number of anilines is 1. The number of carbonyl (C=O) groups excluding carboxylic acids is 2. The van der Waals surface area contributed by atoms with E-state index in [0.717, 1.165) is 22.3 Å². The van der Waals surface area contributed by atoms with Gasteiger partial charge >= 0.3 is 6.03 Å². The Bertz CT molecular complexity index is 1440. The van der Waals surface area contributed by atoms with Crippen molar-refractivity contribution in [3.8, 4) is 17.2 Å². The van der Waals surface area contributed by atoms with Gasteiger partial charge in [-0.25, -0.2) is 24.4 Å². The van der Waals surface area contributed by atoms with Gasteiger partial charge in [0.1, 0.15) is 5.52 Å². The predicted octanol–water partition coefficient (Wildman–Crippen LogP) is 2.66. The van der Waals surface area contributed by atoms with Crippen molar-refractivity contribution in [1.82, 2.24) is 39.5 Å². The molecule has 0 bridgehead atoms. The van der Waals surface area contributed by atoms with Crippen LogP contribution < -0.4 is 4.90 Å². The van der Waals surface area contributed by atoms with Crippen LogP contribution in [0, 0.1) is 0 Å². The standard InChI is InChI=1S/C25H25N9O2/c1-16(35)32-10-6-19(7-11-32)34-23-18(15-31(2)25(34)36)14-26-21-5-4-20(30-22(21)23)17-12-27-24(28-13-17)33-9-3-8-29-33/h3-5,8-9,12-14,19H,6-7,10-11,15H2,1-2H3. The SMILES string of the molecule is CC(=O)N1CCC(N2C(=O)N(C)Cc3cnc4ccc(-c5cnc(-n6cccn6)nc5)nc4c32)CC1. The zero-order chi connectivity index (χ0) is 24.8. The van der Waals surface area contributed by atoms with Gasteiger partial charge in [-0.15, -0.1) is 0 Å². The van der Waals surface area contributed by atoms with E-state index >= 15 is 0 Å². The molecule has 3 amide bonds. The molecule has 1 fully saturated rings. The second-order valence-electron chi connectivity index (χ2n) is 9.16. The Morgan fingerprint density at radius 1 is 1.06 bits per heavy atom. The summed E-state index contributed by atoms with van der Waals surface area (Å²) >= 11 is 0. The van der Waals surface area contributed by atoms with E-state index in [0.29, 0.717) is 49.6 Å². The average molecular weight is 484 g/mol. The molecular formula is C25H25N9O2. The van der Waals surface area contributed by atoms with Crippen molar-refractivity contribution in [2.45, 2.75) is 32.4 Å². The molecule has 0 radical (unpaired) electrons. The maximum atomic E-state index is 13.4. The summed E-state index contributed by atoms with van der Waals surface area (Å²) < 4.78 is 1.59. The van der Waals surface area contributed by atoms with Gasteiger partial charge in [-0.3, -0.25) is 14.7 Å². The van der Waals surface area contributed by atoms with Gasteiger partial charge in [0.2, 0.25) is 11.9 Å². The molecule has 6 rings (SSSR count). The number of aromatic nitrogens is 6. The zero-order valence-corrected chi connectivity index (χ0v) is 20.1. The van der Waals surface area contributed by atoms with Gasteiger partial charge in [-0.1, -0.05) is 0 Å². The minimum atomic E-state index is -0.0598.